The highest BCUT2D eigenvalue weighted by molar-refractivity contribution is 5.73. The van der Waals surface area contributed by atoms with Crippen LogP contribution in [-0.2, 0) is 0 Å². The van der Waals surface area contributed by atoms with Crippen LogP contribution >= 0.6 is 0 Å². The lowest BCUT2D eigenvalue weighted by atomic mass is 9.88. The van der Waals surface area contributed by atoms with E-state index in [9.17, 15) is 0 Å². The number of allylic oxidation sites excluding steroid dienone is 1. The summed E-state index contributed by atoms with van der Waals surface area (Å²) >= 11 is 0. The second-order valence-corrected chi connectivity index (χ2v) is 4.94. The molecule has 2 atom stereocenters. The van der Waals surface area contributed by atoms with E-state index in [0.717, 1.165) is 18.0 Å². The van der Waals surface area contributed by atoms with Crippen LogP contribution in [0.5, 0.6) is 0 Å². The third-order valence-corrected chi connectivity index (χ3v) is 3.89. The van der Waals surface area contributed by atoms with Crippen LogP contribution in [0.3, 0.4) is 0 Å². The van der Waals surface area contributed by atoms with E-state index in [1.807, 2.05) is 18.5 Å². The fourth-order valence-electron chi connectivity index (χ4n) is 3.00. The number of hydrogen-bond donors (Lipinski definition) is 1. The Morgan fingerprint density at radius 1 is 1.41 bits per heavy atom. The van der Waals surface area contributed by atoms with Crippen LogP contribution in [0.15, 0.2) is 31.1 Å². The Balaban J connectivity index is 1.90. The van der Waals surface area contributed by atoms with E-state index in [1.165, 1.54) is 30.4 Å². The van der Waals surface area contributed by atoms with Gasteiger partial charge in [-0.1, -0.05) is 18.7 Å². The maximum absolute atomic E-state index is 4.30. The van der Waals surface area contributed by atoms with E-state index in [4.69, 9.17) is 0 Å². The minimum atomic E-state index is 0.547. The summed E-state index contributed by atoms with van der Waals surface area (Å²) in [4.78, 5) is 4.30. The molecule has 2 heterocycles. The van der Waals surface area contributed by atoms with Crippen LogP contribution < -0.4 is 5.32 Å². The number of nitrogens with zero attached hydrogens (tertiary/aromatic N) is 1. The van der Waals surface area contributed by atoms with Gasteiger partial charge in [-0.25, -0.2) is 0 Å². The molecule has 0 saturated carbocycles. The van der Waals surface area contributed by atoms with Crippen molar-refractivity contribution in [3.63, 3.8) is 0 Å². The molecule has 0 bridgehead atoms. The molecular weight excluding hydrogens is 208 g/mol. The quantitative estimate of drug-likeness (QED) is 0.838. The van der Waals surface area contributed by atoms with Crippen LogP contribution in [0.2, 0.25) is 0 Å². The van der Waals surface area contributed by atoms with Gasteiger partial charge < -0.3 is 5.32 Å². The molecule has 2 aliphatic rings. The highest BCUT2D eigenvalue weighted by atomic mass is 14.9. The summed E-state index contributed by atoms with van der Waals surface area (Å²) in [7, 11) is 0. The van der Waals surface area contributed by atoms with Gasteiger partial charge in [-0.05, 0) is 54.5 Å². The molecule has 2 heteroatoms. The highest BCUT2D eigenvalue weighted by Gasteiger charge is 2.32. The molecule has 0 spiro atoms. The maximum Gasteiger partial charge on any atom is 0.0354 e. The van der Waals surface area contributed by atoms with Gasteiger partial charge in [0.05, 0.1) is 0 Å². The van der Waals surface area contributed by atoms with Crippen molar-refractivity contribution in [2.45, 2.75) is 25.3 Å². The van der Waals surface area contributed by atoms with Crippen LogP contribution in [0.4, 0.5) is 0 Å². The average Bonchev–Trinajstić information content (AvgIpc) is 2.82. The van der Waals surface area contributed by atoms with E-state index in [-0.39, 0.29) is 0 Å². The van der Waals surface area contributed by atoms with Crippen LogP contribution in [0.25, 0.3) is 11.6 Å². The summed E-state index contributed by atoms with van der Waals surface area (Å²) in [6.07, 6.45) is 12.0. The molecule has 1 aromatic rings. The third-order valence-electron chi connectivity index (χ3n) is 3.89. The first-order valence-corrected chi connectivity index (χ1v) is 6.40. The van der Waals surface area contributed by atoms with Gasteiger partial charge >= 0.3 is 0 Å². The van der Waals surface area contributed by atoms with Gasteiger partial charge in [0.2, 0.25) is 0 Å². The largest absolute Gasteiger partial charge is 0.310 e. The minimum Gasteiger partial charge on any atom is -0.310 e. The third kappa shape index (κ3) is 1.93. The molecule has 1 aliphatic heterocycles. The van der Waals surface area contributed by atoms with Crippen molar-refractivity contribution >= 4 is 11.6 Å². The Morgan fingerprint density at radius 3 is 3.24 bits per heavy atom. The number of aromatic nitrogens is 1. The Labute approximate surface area is 102 Å². The normalized spacial score (nSPS) is 27.4. The van der Waals surface area contributed by atoms with Gasteiger partial charge in [-0.2, -0.15) is 0 Å². The topological polar surface area (TPSA) is 24.9 Å². The fourth-order valence-corrected chi connectivity index (χ4v) is 3.00. The highest BCUT2D eigenvalue weighted by Crippen LogP contribution is 2.37. The maximum atomic E-state index is 4.30. The summed E-state index contributed by atoms with van der Waals surface area (Å²) in [5.74, 6) is 0.797. The fraction of sp³-hybridized carbons (Fsp3) is 0.400. The van der Waals surface area contributed by atoms with Crippen molar-refractivity contribution in [3.05, 3.63) is 42.2 Å². The van der Waals surface area contributed by atoms with Gasteiger partial charge in [0.15, 0.2) is 0 Å². The van der Waals surface area contributed by atoms with E-state index < -0.39 is 0 Å². The van der Waals surface area contributed by atoms with Crippen molar-refractivity contribution in [2.24, 2.45) is 5.92 Å². The molecule has 0 radical (unpaired) electrons. The SMILES string of the molecule is C=Cc1cncc(C2=CC[C@@H]3CCCN[C@H]23)c1. The van der Waals surface area contributed by atoms with Gasteiger partial charge in [-0.15, -0.1) is 0 Å². The van der Waals surface area contributed by atoms with Crippen LogP contribution in [0, 0.1) is 5.92 Å². The van der Waals surface area contributed by atoms with Gasteiger partial charge in [0.25, 0.3) is 0 Å². The number of fused-ring (bicyclic) bond motifs is 1. The molecule has 3 rings (SSSR count). The first kappa shape index (κ1) is 10.7. The van der Waals surface area contributed by atoms with Crippen molar-refractivity contribution in [2.75, 3.05) is 6.54 Å². The van der Waals surface area contributed by atoms with E-state index in [2.05, 4.69) is 29.0 Å². The average molecular weight is 226 g/mol. The summed E-state index contributed by atoms with van der Waals surface area (Å²) in [6, 6.07) is 2.73. The molecule has 88 valence electrons. The predicted octanol–water partition coefficient (Wildman–Crippen LogP) is 2.88. The van der Waals surface area contributed by atoms with E-state index in [1.54, 1.807) is 0 Å². The summed E-state index contributed by atoms with van der Waals surface area (Å²) in [5.41, 5.74) is 3.79. The van der Waals surface area contributed by atoms with E-state index >= 15 is 0 Å². The zero-order chi connectivity index (χ0) is 11.7. The molecule has 2 nitrogen and oxygen atoms in total. The lowest BCUT2D eigenvalue weighted by molar-refractivity contribution is 0.346. The minimum absolute atomic E-state index is 0.547. The van der Waals surface area contributed by atoms with Crippen molar-refractivity contribution in [1.29, 1.82) is 0 Å². The Kier molecular flexibility index (Phi) is 2.81. The molecule has 1 aromatic heterocycles. The summed E-state index contributed by atoms with van der Waals surface area (Å²) in [6.45, 7) is 4.95. The molecule has 1 fully saturated rings. The Morgan fingerprint density at radius 2 is 2.35 bits per heavy atom. The first-order chi connectivity index (χ1) is 8.38. The zero-order valence-electron chi connectivity index (χ0n) is 10.0. The summed E-state index contributed by atoms with van der Waals surface area (Å²) < 4.78 is 0. The lowest BCUT2D eigenvalue weighted by Gasteiger charge is -2.29. The number of rotatable bonds is 2. The van der Waals surface area contributed by atoms with Crippen molar-refractivity contribution < 1.29 is 0 Å². The molecule has 1 aliphatic carbocycles. The molecular formula is C15H18N2. The van der Waals surface area contributed by atoms with Gasteiger partial charge in [0.1, 0.15) is 0 Å². The molecule has 0 amide bonds. The van der Waals surface area contributed by atoms with Crippen molar-refractivity contribution in [3.8, 4) is 0 Å². The number of piperidine rings is 1. The molecule has 1 saturated heterocycles. The molecule has 17 heavy (non-hydrogen) atoms. The predicted molar refractivity (Wildman–Crippen MR) is 71.4 cm³/mol. The Hall–Kier alpha value is -1.41. The molecule has 0 unspecified atom stereocenters. The van der Waals surface area contributed by atoms with Gasteiger partial charge in [-0.3, -0.25) is 4.98 Å². The lowest BCUT2D eigenvalue weighted by Crippen LogP contribution is -2.39. The van der Waals surface area contributed by atoms with Crippen molar-refractivity contribution in [1.82, 2.24) is 10.3 Å². The number of nitrogens with one attached hydrogen (secondary N) is 1. The number of pyridine rings is 1. The molecule has 0 aromatic carbocycles. The van der Waals surface area contributed by atoms with E-state index in [0.29, 0.717) is 6.04 Å². The smallest absolute Gasteiger partial charge is 0.0354 e. The second kappa shape index (κ2) is 4.46. The number of hydrogen-bond acceptors (Lipinski definition) is 2. The monoisotopic (exact) mass is 226 g/mol. The van der Waals surface area contributed by atoms with Crippen LogP contribution in [-0.4, -0.2) is 17.6 Å². The standard InChI is InChI=1S/C15H18N2/c1-2-11-8-13(10-16-9-11)14-6-5-12-4-3-7-17-15(12)14/h2,6,8-10,12,15,17H,1,3-5,7H2/t12-,15-/m0/s1. The first-order valence-electron chi connectivity index (χ1n) is 6.40. The summed E-state index contributed by atoms with van der Waals surface area (Å²) in [5, 5.41) is 3.65. The molecule has 1 N–H and O–H groups in total. The second-order valence-electron chi connectivity index (χ2n) is 4.94. The Bertz CT molecular complexity index is 462. The zero-order valence-corrected chi connectivity index (χ0v) is 10.0. The van der Waals surface area contributed by atoms with Gasteiger partial charge in [0, 0.05) is 18.4 Å². The van der Waals surface area contributed by atoms with Crippen LogP contribution in [0.1, 0.15) is 30.4 Å².